The van der Waals surface area contributed by atoms with Gasteiger partial charge >= 0.3 is 0 Å². The second kappa shape index (κ2) is 7.54. The first-order valence-corrected chi connectivity index (χ1v) is 7.43. The molecule has 1 rings (SSSR count). The molecule has 0 heterocycles. The lowest BCUT2D eigenvalue weighted by atomic mass is 9.75. The van der Waals surface area contributed by atoms with Crippen LogP contribution in [0.2, 0.25) is 0 Å². The highest BCUT2D eigenvalue weighted by molar-refractivity contribution is 5.32. The molecule has 0 atom stereocenters. The normalized spacial score (nSPS) is 11.9. The Balaban J connectivity index is 2.83. The zero-order valence-electron chi connectivity index (χ0n) is 13.1. The van der Waals surface area contributed by atoms with E-state index in [1.54, 1.807) is 7.11 Å². The van der Waals surface area contributed by atoms with Crippen molar-refractivity contribution >= 4 is 0 Å². The summed E-state index contributed by atoms with van der Waals surface area (Å²) < 4.78 is 5.25. The van der Waals surface area contributed by atoms with Crippen LogP contribution in [0.15, 0.2) is 24.3 Å². The van der Waals surface area contributed by atoms with Crippen LogP contribution in [0.5, 0.6) is 5.75 Å². The molecule has 0 saturated carbocycles. The third kappa shape index (κ3) is 4.24. The van der Waals surface area contributed by atoms with Crippen molar-refractivity contribution in [3.05, 3.63) is 29.8 Å². The van der Waals surface area contributed by atoms with Crippen LogP contribution >= 0.6 is 0 Å². The summed E-state index contributed by atoms with van der Waals surface area (Å²) in [5, 5.41) is 3.62. The van der Waals surface area contributed by atoms with Crippen molar-refractivity contribution < 1.29 is 4.74 Å². The van der Waals surface area contributed by atoms with Gasteiger partial charge in [-0.25, -0.2) is 0 Å². The molecule has 19 heavy (non-hydrogen) atoms. The first-order valence-electron chi connectivity index (χ1n) is 7.43. The maximum Gasteiger partial charge on any atom is 0.118 e. The molecule has 0 spiro atoms. The number of rotatable bonds is 8. The molecule has 0 unspecified atom stereocenters. The van der Waals surface area contributed by atoms with Crippen molar-refractivity contribution in [2.45, 2.75) is 46.0 Å². The monoisotopic (exact) mass is 263 g/mol. The minimum Gasteiger partial charge on any atom is -0.497 e. The van der Waals surface area contributed by atoms with Gasteiger partial charge in [0.2, 0.25) is 0 Å². The average Bonchev–Trinajstić information content (AvgIpc) is 2.44. The van der Waals surface area contributed by atoms with Crippen LogP contribution in [-0.4, -0.2) is 20.2 Å². The highest BCUT2D eigenvalue weighted by Crippen LogP contribution is 2.32. The van der Waals surface area contributed by atoms with E-state index >= 15 is 0 Å². The lowest BCUT2D eigenvalue weighted by molar-refractivity contribution is 0.357. The molecule has 2 heteroatoms. The van der Waals surface area contributed by atoms with Gasteiger partial charge in [-0.1, -0.05) is 39.8 Å². The van der Waals surface area contributed by atoms with Crippen LogP contribution in [0.3, 0.4) is 0 Å². The molecule has 0 fully saturated rings. The third-order valence-electron chi connectivity index (χ3n) is 4.07. The molecule has 0 saturated heterocycles. The van der Waals surface area contributed by atoms with E-state index in [0.717, 1.165) is 31.7 Å². The van der Waals surface area contributed by atoms with E-state index in [2.05, 4.69) is 57.3 Å². The van der Waals surface area contributed by atoms with Crippen LogP contribution in [-0.2, 0) is 5.41 Å². The van der Waals surface area contributed by atoms with Gasteiger partial charge in [0.15, 0.2) is 0 Å². The van der Waals surface area contributed by atoms with E-state index in [-0.39, 0.29) is 5.41 Å². The predicted molar refractivity (Wildman–Crippen MR) is 83.0 cm³/mol. The summed E-state index contributed by atoms with van der Waals surface area (Å²) >= 11 is 0. The van der Waals surface area contributed by atoms with Crippen molar-refractivity contribution in [1.29, 1.82) is 0 Å². The maximum absolute atomic E-state index is 5.25. The molecule has 108 valence electrons. The first-order chi connectivity index (χ1) is 9.07. The quantitative estimate of drug-likeness (QED) is 0.765. The Hall–Kier alpha value is -1.02. The molecule has 2 nitrogen and oxygen atoms in total. The topological polar surface area (TPSA) is 21.3 Å². The average molecular weight is 263 g/mol. The van der Waals surface area contributed by atoms with E-state index in [1.165, 1.54) is 5.56 Å². The van der Waals surface area contributed by atoms with Gasteiger partial charge in [0.05, 0.1) is 7.11 Å². The largest absolute Gasteiger partial charge is 0.497 e. The van der Waals surface area contributed by atoms with Crippen LogP contribution < -0.4 is 10.1 Å². The molecule has 0 aliphatic heterocycles. The molecule has 1 aromatic rings. The number of hydrogen-bond acceptors (Lipinski definition) is 2. The zero-order valence-corrected chi connectivity index (χ0v) is 13.1. The van der Waals surface area contributed by atoms with Crippen LogP contribution in [0.1, 0.15) is 46.1 Å². The second-order valence-corrected chi connectivity index (χ2v) is 5.74. The Morgan fingerprint density at radius 1 is 1.11 bits per heavy atom. The molecule has 0 radical (unpaired) electrons. The van der Waals surface area contributed by atoms with Gasteiger partial charge < -0.3 is 10.1 Å². The van der Waals surface area contributed by atoms with Crippen LogP contribution in [0.4, 0.5) is 0 Å². The molecule has 0 amide bonds. The Morgan fingerprint density at radius 3 is 2.11 bits per heavy atom. The summed E-state index contributed by atoms with van der Waals surface area (Å²) in [5.41, 5.74) is 1.65. The number of benzene rings is 1. The predicted octanol–water partition coefficient (Wildman–Crippen LogP) is 4.00. The number of ether oxygens (including phenoxy) is 1. The smallest absolute Gasteiger partial charge is 0.118 e. The van der Waals surface area contributed by atoms with Crippen molar-refractivity contribution in [1.82, 2.24) is 5.32 Å². The molecule has 0 aromatic heterocycles. The van der Waals surface area contributed by atoms with E-state index in [0.29, 0.717) is 5.92 Å². The molecule has 0 bridgehead atoms. The van der Waals surface area contributed by atoms with Gasteiger partial charge in [0, 0.05) is 12.0 Å². The van der Waals surface area contributed by atoms with E-state index in [1.807, 2.05) is 0 Å². The number of hydrogen-bond donors (Lipinski definition) is 1. The molecule has 0 aliphatic carbocycles. The maximum atomic E-state index is 5.25. The van der Waals surface area contributed by atoms with Crippen molar-refractivity contribution in [3.63, 3.8) is 0 Å². The molecule has 0 aliphatic rings. The van der Waals surface area contributed by atoms with E-state index in [4.69, 9.17) is 4.74 Å². The fourth-order valence-corrected chi connectivity index (χ4v) is 2.56. The Bertz CT molecular complexity index is 352. The minimum absolute atomic E-state index is 0.237. The molecular formula is C17H29NO. The first kappa shape index (κ1) is 16.0. The van der Waals surface area contributed by atoms with Gasteiger partial charge in [-0.05, 0) is 43.0 Å². The van der Waals surface area contributed by atoms with Gasteiger partial charge in [0.25, 0.3) is 0 Å². The van der Waals surface area contributed by atoms with E-state index in [9.17, 15) is 0 Å². The third-order valence-corrected chi connectivity index (χ3v) is 4.07. The lowest BCUT2D eigenvalue weighted by Gasteiger charge is -2.33. The summed E-state index contributed by atoms with van der Waals surface area (Å²) in [7, 11) is 1.71. The zero-order chi connectivity index (χ0) is 14.3. The Labute approximate surface area is 118 Å². The Kier molecular flexibility index (Phi) is 6.36. The highest BCUT2D eigenvalue weighted by atomic mass is 16.5. The summed E-state index contributed by atoms with van der Waals surface area (Å²) in [4.78, 5) is 0. The number of methoxy groups -OCH3 is 1. The van der Waals surface area contributed by atoms with Crippen LogP contribution in [0, 0.1) is 5.92 Å². The van der Waals surface area contributed by atoms with Gasteiger partial charge in [-0.2, -0.15) is 0 Å². The van der Waals surface area contributed by atoms with Gasteiger partial charge in [0.1, 0.15) is 5.75 Å². The fourth-order valence-electron chi connectivity index (χ4n) is 2.56. The van der Waals surface area contributed by atoms with Gasteiger partial charge in [-0.15, -0.1) is 0 Å². The highest BCUT2D eigenvalue weighted by Gasteiger charge is 2.27. The SMILES string of the molecule is CCC(CC)(CNCC(C)C)c1ccc(OC)cc1. The molecule has 1 aromatic carbocycles. The minimum atomic E-state index is 0.237. The van der Waals surface area contributed by atoms with Crippen molar-refractivity contribution in [2.24, 2.45) is 5.92 Å². The van der Waals surface area contributed by atoms with E-state index < -0.39 is 0 Å². The summed E-state index contributed by atoms with van der Waals surface area (Å²) in [6, 6.07) is 8.56. The fraction of sp³-hybridized carbons (Fsp3) is 0.647. The molecule has 1 N–H and O–H groups in total. The van der Waals surface area contributed by atoms with Crippen molar-refractivity contribution in [3.8, 4) is 5.75 Å². The van der Waals surface area contributed by atoms with Gasteiger partial charge in [-0.3, -0.25) is 0 Å². The standard InChI is InChI=1S/C17H29NO/c1-6-17(7-2,13-18-12-14(3)4)15-8-10-16(19-5)11-9-15/h8-11,14,18H,6-7,12-13H2,1-5H3. The lowest BCUT2D eigenvalue weighted by Crippen LogP contribution is -2.38. The molecular weight excluding hydrogens is 234 g/mol. The Morgan fingerprint density at radius 2 is 1.68 bits per heavy atom. The summed E-state index contributed by atoms with van der Waals surface area (Å²) in [6.45, 7) is 11.2. The summed E-state index contributed by atoms with van der Waals surface area (Å²) in [6.07, 6.45) is 2.31. The summed E-state index contributed by atoms with van der Waals surface area (Å²) in [5.74, 6) is 1.63. The second-order valence-electron chi connectivity index (χ2n) is 5.74. The number of nitrogens with one attached hydrogen (secondary N) is 1. The van der Waals surface area contributed by atoms with Crippen molar-refractivity contribution in [2.75, 3.05) is 20.2 Å². The van der Waals surface area contributed by atoms with Crippen LogP contribution in [0.25, 0.3) is 0 Å².